The Balaban J connectivity index is -0.00000361. The number of carboxylic acid groups (broad SMARTS) is 1. The predicted octanol–water partition coefficient (Wildman–Crippen LogP) is -19.9. The fourth-order valence-electron chi connectivity index (χ4n) is 3.40. The third-order valence-corrected chi connectivity index (χ3v) is 6.30. The molecule has 2 heterocycles. The second-order valence-corrected chi connectivity index (χ2v) is 10.6. The Bertz CT molecular complexity index is 1140. The maximum atomic E-state index is 11.3. The second-order valence-electron chi connectivity index (χ2n) is 7.35. The molecule has 0 aromatic heterocycles. The van der Waals surface area contributed by atoms with Crippen molar-refractivity contribution in [2.45, 2.75) is 61.3 Å². The van der Waals surface area contributed by atoms with Crippen molar-refractivity contribution in [1.82, 2.24) is 4.72 Å². The third kappa shape index (κ3) is 15.1. The summed E-state index contributed by atoms with van der Waals surface area (Å²) in [7, 11) is -15.7. The number of carbonyl (C=O) groups is 1. The number of hydrogen-bond acceptors (Lipinski definition) is 20. The zero-order chi connectivity index (χ0) is 28.5. The summed E-state index contributed by atoms with van der Waals surface area (Å²) in [5.41, 5.74) is 0. The number of aliphatic carboxylic acids is 1. The molecule has 2 fully saturated rings. The number of aliphatic hydroxyl groups excluding tert-OH is 3. The topological polar surface area (TPSA) is 340 Å². The summed E-state index contributed by atoms with van der Waals surface area (Å²) in [6, 6.07) is -2.06. The van der Waals surface area contributed by atoms with Crippen LogP contribution in [0.15, 0.2) is 0 Å². The molecule has 21 nitrogen and oxygen atoms in total. The Kier molecular flexibility index (Phi) is 23.0. The average Bonchev–Trinajstić information content (AvgIpc) is 2.72. The van der Waals surface area contributed by atoms with Gasteiger partial charge in [0.2, 0.25) is 20.8 Å². The number of carboxylic acids is 1. The summed E-state index contributed by atoms with van der Waals surface area (Å²) < 4.78 is 129. The summed E-state index contributed by atoms with van der Waals surface area (Å²) in [6.07, 6.45) is -21.0. The number of nitrogens with one attached hydrogen (secondary N) is 1. The van der Waals surface area contributed by atoms with Crippen LogP contribution in [0, 0.1) is 0 Å². The van der Waals surface area contributed by atoms with Crippen LogP contribution in [-0.2, 0) is 63.2 Å². The van der Waals surface area contributed by atoms with Crippen LogP contribution >= 0.6 is 0 Å². The van der Waals surface area contributed by atoms with Crippen LogP contribution < -0.4 is 128 Å². The van der Waals surface area contributed by atoms with E-state index in [4.69, 9.17) is 18.9 Å². The molecule has 41 heavy (non-hydrogen) atoms. The van der Waals surface area contributed by atoms with Crippen LogP contribution in [0.3, 0.4) is 0 Å². The molecule has 0 amide bonds. The molecule has 0 aromatic carbocycles. The van der Waals surface area contributed by atoms with E-state index >= 15 is 0 Å². The number of aliphatic hydroxyl groups is 3. The van der Waals surface area contributed by atoms with E-state index < -0.39 is 105 Å². The molecule has 4 N–H and O–H groups in total. The van der Waals surface area contributed by atoms with Gasteiger partial charge in [0.25, 0.3) is 0 Å². The SMILES string of the molecule is CO[C@H]1O[C@H](COS(=O)(=O)[O-])[C@@H](O[C@@H]2O[C@@H](C(=O)[O-])[C@@H](O)[C@H](O)[C@H]2OS(=O)(=O)[O-])[C@H](O)[C@H]1NS(=O)(=O)[O-].[Na+].[Na+].[Na+].[Na+]. The number of carbonyl (C=O) groups excluding carboxylic acids is 1. The van der Waals surface area contributed by atoms with Crippen molar-refractivity contribution in [3.05, 3.63) is 0 Å². The Labute approximate surface area is 322 Å². The molecule has 0 radical (unpaired) electrons. The monoisotopic (exact) mass is 697 g/mol. The normalized spacial score (nSPS) is 34.1. The number of ether oxygens (including phenoxy) is 4. The van der Waals surface area contributed by atoms with E-state index in [1.165, 1.54) is 4.72 Å². The molecule has 10 atom stereocenters. The first-order chi connectivity index (χ1) is 16.7. The van der Waals surface area contributed by atoms with Gasteiger partial charge in [-0.2, -0.15) is 0 Å². The van der Waals surface area contributed by atoms with E-state index in [-0.39, 0.29) is 118 Å². The maximum Gasteiger partial charge on any atom is 1.00 e. The minimum Gasteiger partial charge on any atom is -0.735 e. The van der Waals surface area contributed by atoms with Crippen molar-refractivity contribution in [2.75, 3.05) is 13.7 Å². The summed E-state index contributed by atoms with van der Waals surface area (Å²) in [6.45, 7) is -1.31. The Hall–Kier alpha value is 2.80. The Morgan fingerprint density at radius 2 is 1.37 bits per heavy atom. The molecule has 0 spiro atoms. The molecule has 0 unspecified atom stereocenters. The van der Waals surface area contributed by atoms with Gasteiger partial charge in [-0.1, -0.05) is 0 Å². The number of hydrogen-bond donors (Lipinski definition) is 4. The average molecular weight is 697 g/mol. The van der Waals surface area contributed by atoms with Crippen molar-refractivity contribution < 1.29 is 210 Å². The van der Waals surface area contributed by atoms with E-state index in [9.17, 15) is 64.1 Å². The van der Waals surface area contributed by atoms with Gasteiger partial charge in [-0.25, -0.2) is 30.0 Å². The Morgan fingerprint density at radius 1 is 0.829 bits per heavy atom. The van der Waals surface area contributed by atoms with Crippen LogP contribution in [0.2, 0.25) is 0 Å². The van der Waals surface area contributed by atoms with Gasteiger partial charge < -0.3 is 57.8 Å². The zero-order valence-corrected chi connectivity index (χ0v) is 32.4. The quantitative estimate of drug-likeness (QED) is 0.0884. The second kappa shape index (κ2) is 19.6. The van der Waals surface area contributed by atoms with Crippen molar-refractivity contribution in [2.24, 2.45) is 0 Å². The van der Waals surface area contributed by atoms with Gasteiger partial charge in [0.1, 0.15) is 42.7 Å². The summed E-state index contributed by atoms with van der Waals surface area (Å²) in [5.74, 6) is -2.20. The van der Waals surface area contributed by atoms with Gasteiger partial charge in [-0.15, -0.1) is 0 Å². The number of rotatable bonds is 11. The van der Waals surface area contributed by atoms with Crippen LogP contribution in [0.4, 0.5) is 0 Å². The maximum absolute atomic E-state index is 11.3. The van der Waals surface area contributed by atoms with Crippen molar-refractivity contribution in [3.8, 4) is 0 Å². The molecule has 2 saturated heterocycles. The van der Waals surface area contributed by atoms with Gasteiger partial charge in [0.15, 0.2) is 29.0 Å². The first-order valence-electron chi connectivity index (χ1n) is 9.46. The minimum absolute atomic E-state index is 0. The van der Waals surface area contributed by atoms with Crippen LogP contribution in [-0.4, -0.2) is 135 Å². The van der Waals surface area contributed by atoms with E-state index in [1.54, 1.807) is 0 Å². The van der Waals surface area contributed by atoms with E-state index in [0.29, 0.717) is 0 Å². The van der Waals surface area contributed by atoms with E-state index in [2.05, 4.69) is 8.37 Å². The summed E-state index contributed by atoms with van der Waals surface area (Å²) in [4.78, 5) is 11.3. The van der Waals surface area contributed by atoms with Crippen molar-refractivity contribution in [3.63, 3.8) is 0 Å². The predicted molar refractivity (Wildman–Crippen MR) is 99.1 cm³/mol. The van der Waals surface area contributed by atoms with Gasteiger partial charge in [-0.3, -0.25) is 8.37 Å². The largest absolute Gasteiger partial charge is 1.00 e. The minimum atomic E-state index is -5.73. The first kappa shape index (κ1) is 48.2. The summed E-state index contributed by atoms with van der Waals surface area (Å²) >= 11 is 0. The standard InChI is InChI=1S/C13H23NO20S3.4Na/c1-29-12-4(14-35(20,21)22)5(15)8(3(31-12)2-30-36(23,24)25)32-13-10(34-37(26,27)28)7(17)6(16)9(33-13)11(18)19;;;;/h3-10,12-17H,2H2,1H3,(H,18,19)(H,20,21,22)(H,23,24,25)(H,26,27,28);;;;/q;4*+1/p-4/t3-,4-,5-,6+,7+,8-,9-,10-,12+,13-;;;;/m1..../s1. The summed E-state index contributed by atoms with van der Waals surface area (Å²) in [5, 5.41) is 41.9. The molecular formula is C13H19NNa4O20S3. The van der Waals surface area contributed by atoms with E-state index in [0.717, 1.165) is 7.11 Å². The molecule has 0 saturated carbocycles. The number of methoxy groups -OCH3 is 1. The van der Waals surface area contributed by atoms with Gasteiger partial charge in [0.05, 0.1) is 12.6 Å². The Morgan fingerprint density at radius 3 is 1.78 bits per heavy atom. The molecule has 28 heteroatoms. The fraction of sp³-hybridized carbons (Fsp3) is 0.923. The zero-order valence-electron chi connectivity index (χ0n) is 22.0. The smallest absolute Gasteiger partial charge is 0.735 e. The molecule has 2 rings (SSSR count). The first-order valence-corrected chi connectivity index (χ1v) is 13.5. The van der Waals surface area contributed by atoms with Crippen molar-refractivity contribution >= 4 is 37.1 Å². The molecule has 0 bridgehead atoms. The van der Waals surface area contributed by atoms with Crippen LogP contribution in [0.1, 0.15) is 0 Å². The molecule has 2 aliphatic heterocycles. The van der Waals surface area contributed by atoms with Crippen molar-refractivity contribution in [1.29, 1.82) is 0 Å². The third-order valence-electron chi connectivity index (χ3n) is 4.86. The fourth-order valence-corrected chi connectivity index (χ4v) is 4.76. The molecule has 218 valence electrons. The molecule has 0 aromatic rings. The van der Waals surface area contributed by atoms with E-state index in [1.807, 2.05) is 0 Å². The molecular weight excluding hydrogens is 678 g/mol. The van der Waals surface area contributed by atoms with Crippen LogP contribution in [0.5, 0.6) is 0 Å². The van der Waals surface area contributed by atoms with Gasteiger partial charge in [0, 0.05) is 7.11 Å². The molecule has 2 aliphatic rings. The van der Waals surface area contributed by atoms with Crippen LogP contribution in [0.25, 0.3) is 0 Å². The molecule has 0 aliphatic carbocycles. The van der Waals surface area contributed by atoms with Gasteiger partial charge >= 0.3 is 118 Å². The van der Waals surface area contributed by atoms with Gasteiger partial charge in [-0.05, 0) is 0 Å².